The summed E-state index contributed by atoms with van der Waals surface area (Å²) in [6.07, 6.45) is 8.77. The van der Waals surface area contributed by atoms with Crippen LogP contribution in [-0.4, -0.2) is 35.4 Å². The van der Waals surface area contributed by atoms with Crippen molar-refractivity contribution in [2.24, 2.45) is 14.1 Å². The van der Waals surface area contributed by atoms with E-state index in [0.717, 1.165) is 0 Å². The van der Waals surface area contributed by atoms with Gasteiger partial charge < -0.3 is 0 Å². The van der Waals surface area contributed by atoms with Crippen molar-refractivity contribution in [2.75, 3.05) is 0 Å². The number of rotatable bonds is 5. The minimum atomic E-state index is 0.498. The van der Waals surface area contributed by atoms with Gasteiger partial charge in [-0.2, -0.15) is 0 Å². The van der Waals surface area contributed by atoms with E-state index in [1.807, 2.05) is 0 Å². The van der Waals surface area contributed by atoms with E-state index in [1.54, 1.807) is 0 Å². The summed E-state index contributed by atoms with van der Waals surface area (Å²) in [5.41, 5.74) is 0. The molecule has 110 valence electrons. The molecule has 0 amide bonds. The summed E-state index contributed by atoms with van der Waals surface area (Å²) in [5, 5.41) is 0. The summed E-state index contributed by atoms with van der Waals surface area (Å²) in [6, 6.07) is 1.07. The predicted molar refractivity (Wildman–Crippen MR) is 82.8 cm³/mol. The average molecular weight is 406 g/mol. The summed E-state index contributed by atoms with van der Waals surface area (Å²) in [4.78, 5) is 0. The molecule has 0 spiro atoms. The Morgan fingerprint density at radius 2 is 1.15 bits per heavy atom. The molecule has 0 aliphatic heterocycles. The van der Waals surface area contributed by atoms with Gasteiger partial charge in [0, 0.05) is 0 Å². The van der Waals surface area contributed by atoms with Gasteiger partial charge in [0.15, 0.2) is 0 Å². The van der Waals surface area contributed by atoms with Crippen molar-refractivity contribution in [3.8, 4) is 0 Å². The van der Waals surface area contributed by atoms with Crippen molar-refractivity contribution in [1.29, 1.82) is 0 Å². The zero-order chi connectivity index (χ0) is 14.9. The first-order valence-electron chi connectivity index (χ1n) is 6.89. The van der Waals surface area contributed by atoms with Crippen molar-refractivity contribution >= 4 is 35.7 Å². The Hall–Kier alpha value is -0.541. The van der Waals surface area contributed by atoms with Gasteiger partial charge in [-0.1, -0.05) is 0 Å². The molecule has 0 fully saturated rings. The van der Waals surface area contributed by atoms with Crippen LogP contribution in [0.15, 0.2) is 24.8 Å². The number of nitrogens with zero attached hydrogens (tertiary/aromatic N) is 4. The summed E-state index contributed by atoms with van der Waals surface area (Å²) in [5.74, 6) is 0. The third kappa shape index (κ3) is 3.20. The van der Waals surface area contributed by atoms with E-state index in [-0.39, 0.29) is 0 Å². The number of hydrogen-bond acceptors (Lipinski definition) is 0. The van der Waals surface area contributed by atoms with Crippen molar-refractivity contribution in [1.82, 2.24) is 9.13 Å². The second-order valence-electron chi connectivity index (χ2n) is 5.55. The minimum absolute atomic E-state index is 0.498. The van der Waals surface area contributed by atoms with Gasteiger partial charge in [0.2, 0.25) is 0 Å². The molecule has 0 radical (unpaired) electrons. The Morgan fingerprint density at radius 3 is 1.45 bits per heavy atom. The van der Waals surface area contributed by atoms with E-state index in [0.29, 0.717) is 38.3 Å². The van der Waals surface area contributed by atoms with Crippen LogP contribution in [0.1, 0.15) is 39.8 Å². The first-order chi connectivity index (χ1) is 9.41. The second kappa shape index (κ2) is 6.48. The Kier molecular flexibility index (Phi) is 5.14. The van der Waals surface area contributed by atoms with Crippen LogP contribution in [0.5, 0.6) is 0 Å². The Labute approximate surface area is 132 Å². The van der Waals surface area contributed by atoms with Crippen LogP contribution in [0.25, 0.3) is 0 Å². The van der Waals surface area contributed by atoms with E-state index >= 15 is 0 Å². The summed E-state index contributed by atoms with van der Waals surface area (Å²) in [7, 11) is 4.32. The summed E-state index contributed by atoms with van der Waals surface area (Å²) in [6.45, 7) is 9.01. The first-order valence-corrected chi connectivity index (χ1v) is 12.9. The molecular weight excluding hydrogens is 382 g/mol. The molecule has 0 N–H and O–H groups in total. The molecule has 2 aromatic rings. The van der Waals surface area contributed by atoms with Crippen LogP contribution < -0.4 is 18.6 Å². The van der Waals surface area contributed by atoms with Gasteiger partial charge in [-0.05, 0) is 0 Å². The zero-order valence-electron chi connectivity index (χ0n) is 13.1. The maximum absolute atomic E-state index is 2.41. The van der Waals surface area contributed by atoms with E-state index < -0.39 is 0 Å². The molecule has 4 nitrogen and oxygen atoms in total. The van der Waals surface area contributed by atoms with Crippen molar-refractivity contribution in [3.05, 3.63) is 24.8 Å². The van der Waals surface area contributed by atoms with E-state index in [4.69, 9.17) is 0 Å². The third-order valence-corrected chi connectivity index (χ3v) is 10.3. The average Bonchev–Trinajstić information content (AvgIpc) is 2.90. The second-order valence-corrected chi connectivity index (χ2v) is 11.4. The Balaban J connectivity index is 2.21. The quantitative estimate of drug-likeness (QED) is 0.465. The van der Waals surface area contributed by atoms with Crippen LogP contribution in [0.4, 0.5) is 0 Å². The molecule has 0 aliphatic carbocycles. The molecule has 20 heavy (non-hydrogen) atoms. The van der Waals surface area contributed by atoms with Crippen LogP contribution in [0, 0.1) is 0 Å². The van der Waals surface area contributed by atoms with Crippen LogP contribution in [0.2, 0.25) is 0 Å². The van der Waals surface area contributed by atoms with Gasteiger partial charge in [0.25, 0.3) is 0 Å². The third-order valence-electron chi connectivity index (χ3n) is 3.25. The monoisotopic (exact) mass is 408 g/mol. The molecule has 2 heterocycles. The van der Waals surface area contributed by atoms with Gasteiger partial charge in [0.05, 0.1) is 0 Å². The molecule has 0 atom stereocenters. The van der Waals surface area contributed by atoms with Crippen molar-refractivity contribution in [3.63, 3.8) is 0 Å². The molecule has 2 aromatic heterocycles. The van der Waals surface area contributed by atoms with Crippen molar-refractivity contribution in [2.45, 2.75) is 39.8 Å². The number of hydrogen-bond donors (Lipinski definition) is 0. The summed E-state index contributed by atoms with van der Waals surface area (Å²) >= 11 is 0.997. The molecule has 0 bridgehead atoms. The molecule has 0 saturated carbocycles. The van der Waals surface area contributed by atoms with E-state index in [2.05, 4.69) is 84.8 Å². The number of aryl methyl sites for hydroxylation is 2. The number of imidazole rings is 2. The fourth-order valence-corrected chi connectivity index (χ4v) is 10.7. The fraction of sp³-hybridized carbons (Fsp3) is 0.571. The summed E-state index contributed by atoms with van der Waals surface area (Å²) < 4.78 is 12.3. The zero-order valence-corrected chi connectivity index (χ0v) is 16.5. The SMILES string of the molecule is CC(C)n1cc[n+](C)c1[Se][Se]c1n(C(C)C)cc[n+]1C. The topological polar surface area (TPSA) is 17.6 Å². The Morgan fingerprint density at radius 1 is 0.800 bits per heavy atom. The van der Waals surface area contributed by atoms with Gasteiger partial charge in [-0.25, -0.2) is 0 Å². The molecule has 0 unspecified atom stereocenters. The number of aromatic nitrogens is 4. The Bertz CT molecular complexity index is 532. The van der Waals surface area contributed by atoms with Crippen molar-refractivity contribution < 1.29 is 9.13 Å². The van der Waals surface area contributed by atoms with Crippen LogP contribution in [0.3, 0.4) is 0 Å². The van der Waals surface area contributed by atoms with Gasteiger partial charge in [-0.3, -0.25) is 0 Å². The molecule has 0 aliphatic rings. The van der Waals surface area contributed by atoms with E-state index in [1.165, 1.54) is 9.45 Å². The molecular formula is C14H24N4Se2+2. The molecule has 0 saturated heterocycles. The first kappa shape index (κ1) is 15.8. The standard InChI is InChI=1S/C14H24N4Se2/c1-11(2)17-9-7-15(5)13(17)19-20-14-16(6)8-10-18(14)12(3)4/h7-12H,1-6H3/q+2. The molecule has 6 heteroatoms. The fourth-order valence-electron chi connectivity index (χ4n) is 2.03. The predicted octanol–water partition coefficient (Wildman–Crippen LogP) is -0.625. The molecule has 2 rings (SSSR count). The van der Waals surface area contributed by atoms with Crippen LogP contribution in [-0.2, 0) is 14.1 Å². The maximum atomic E-state index is 2.41. The van der Waals surface area contributed by atoms with Crippen LogP contribution >= 0.6 is 0 Å². The molecule has 0 aromatic carbocycles. The van der Waals surface area contributed by atoms with Gasteiger partial charge >= 0.3 is 133 Å². The van der Waals surface area contributed by atoms with E-state index in [9.17, 15) is 0 Å². The van der Waals surface area contributed by atoms with Gasteiger partial charge in [0.1, 0.15) is 0 Å². The normalized spacial score (nSPS) is 11.8. The van der Waals surface area contributed by atoms with Gasteiger partial charge in [-0.15, -0.1) is 0 Å².